The van der Waals surface area contributed by atoms with Crippen molar-refractivity contribution in [3.63, 3.8) is 0 Å². The predicted molar refractivity (Wildman–Crippen MR) is 126 cm³/mol. The lowest BCUT2D eigenvalue weighted by molar-refractivity contribution is -0.118. The summed E-state index contributed by atoms with van der Waals surface area (Å²) in [5, 5.41) is 14.2. The number of carbonyl (C=O) groups excluding carboxylic acids is 1. The Morgan fingerprint density at radius 2 is 2.09 bits per heavy atom. The molecule has 33 heavy (non-hydrogen) atoms. The highest BCUT2D eigenvalue weighted by molar-refractivity contribution is 7.99. The number of nitrogens with zero attached hydrogens (tertiary/aromatic N) is 4. The van der Waals surface area contributed by atoms with Crippen molar-refractivity contribution < 1.29 is 17.9 Å². The van der Waals surface area contributed by atoms with Gasteiger partial charge in [0.15, 0.2) is 5.65 Å². The summed E-state index contributed by atoms with van der Waals surface area (Å²) in [5.41, 5.74) is 1.68. The topological polar surface area (TPSA) is 130 Å². The van der Waals surface area contributed by atoms with Crippen molar-refractivity contribution >= 4 is 61.1 Å². The molecule has 1 saturated heterocycles. The van der Waals surface area contributed by atoms with Crippen molar-refractivity contribution in [3.05, 3.63) is 40.6 Å². The van der Waals surface area contributed by atoms with Gasteiger partial charge in [0.2, 0.25) is 21.1 Å². The van der Waals surface area contributed by atoms with E-state index < -0.39 is 10.0 Å². The Bertz CT molecular complexity index is 1400. The summed E-state index contributed by atoms with van der Waals surface area (Å²) >= 11 is 2.78. The number of amides is 1. The molecular weight excluding hydrogens is 484 g/mol. The number of rotatable bonds is 7. The molecule has 172 valence electrons. The summed E-state index contributed by atoms with van der Waals surface area (Å²) in [6.45, 7) is 1.92. The van der Waals surface area contributed by atoms with Crippen LogP contribution in [0.5, 0.6) is 0 Å². The van der Waals surface area contributed by atoms with E-state index >= 15 is 0 Å². The van der Waals surface area contributed by atoms with E-state index in [0.717, 1.165) is 4.88 Å². The highest BCUT2D eigenvalue weighted by Crippen LogP contribution is 2.27. The third-order valence-electron chi connectivity index (χ3n) is 5.15. The number of thiophene rings is 1. The van der Waals surface area contributed by atoms with Crippen LogP contribution in [-0.2, 0) is 26.1 Å². The molecule has 4 heterocycles. The molecule has 1 aliphatic rings. The molecule has 1 aromatic carbocycles. The number of ether oxygens (including phenoxy) is 1. The van der Waals surface area contributed by atoms with Gasteiger partial charge in [-0.3, -0.25) is 4.79 Å². The van der Waals surface area contributed by atoms with Gasteiger partial charge in [0.05, 0.1) is 30.4 Å². The standard InChI is InChI=1S/C20H20N6O4S3/c27-17(21-11-13-2-1-9-31-13)12-32-20-23-19-18(24-25-20)15-10-14(3-4-16(15)22-19)33(28,29)26-5-7-30-8-6-26/h1-4,9-10H,5-8,11-12H2,(H,21,27)(H,22,23,25). The van der Waals surface area contributed by atoms with Crippen molar-refractivity contribution in [2.24, 2.45) is 0 Å². The van der Waals surface area contributed by atoms with Crippen LogP contribution < -0.4 is 5.32 Å². The molecule has 0 aliphatic carbocycles. The second kappa shape index (κ2) is 9.35. The molecular formula is C20H20N6O4S3. The third-order valence-corrected chi connectivity index (χ3v) is 8.76. The first-order valence-corrected chi connectivity index (χ1v) is 13.5. The van der Waals surface area contributed by atoms with Gasteiger partial charge < -0.3 is 15.0 Å². The van der Waals surface area contributed by atoms with Crippen LogP contribution in [0.3, 0.4) is 0 Å². The first-order chi connectivity index (χ1) is 16.0. The quantitative estimate of drug-likeness (QED) is 0.366. The molecule has 3 aromatic heterocycles. The zero-order chi connectivity index (χ0) is 22.8. The molecule has 2 N–H and O–H groups in total. The van der Waals surface area contributed by atoms with Gasteiger partial charge in [0.1, 0.15) is 5.52 Å². The SMILES string of the molecule is O=C(CSc1nnc2c(n1)[nH]c1ccc(S(=O)(=O)N3CCOCC3)cc12)NCc1cccs1. The maximum Gasteiger partial charge on any atom is 0.243 e. The second-order valence-corrected chi connectivity index (χ2v) is 11.2. The molecule has 13 heteroatoms. The van der Waals surface area contributed by atoms with Gasteiger partial charge in [-0.05, 0) is 29.6 Å². The van der Waals surface area contributed by atoms with E-state index in [4.69, 9.17) is 4.74 Å². The van der Waals surface area contributed by atoms with Crippen LogP contribution in [0.1, 0.15) is 4.88 Å². The molecule has 1 aliphatic heterocycles. The summed E-state index contributed by atoms with van der Waals surface area (Å²) in [5.74, 6) is 0.0486. The Morgan fingerprint density at radius 3 is 2.88 bits per heavy atom. The van der Waals surface area contributed by atoms with Crippen molar-refractivity contribution in [2.45, 2.75) is 16.6 Å². The fraction of sp³-hybridized carbons (Fsp3) is 0.300. The highest BCUT2D eigenvalue weighted by Gasteiger charge is 2.27. The number of thioether (sulfide) groups is 1. The maximum atomic E-state index is 13.0. The van der Waals surface area contributed by atoms with E-state index in [2.05, 4.69) is 25.5 Å². The van der Waals surface area contributed by atoms with Gasteiger partial charge in [-0.15, -0.1) is 21.5 Å². The zero-order valence-electron chi connectivity index (χ0n) is 17.4. The monoisotopic (exact) mass is 504 g/mol. The molecule has 0 spiro atoms. The third kappa shape index (κ3) is 4.73. The van der Waals surface area contributed by atoms with Crippen molar-refractivity contribution in [1.29, 1.82) is 0 Å². The number of hydrogen-bond donors (Lipinski definition) is 2. The number of hydrogen-bond acceptors (Lipinski definition) is 9. The van der Waals surface area contributed by atoms with Gasteiger partial charge >= 0.3 is 0 Å². The predicted octanol–water partition coefficient (Wildman–Crippen LogP) is 2.00. The number of morpholine rings is 1. The molecule has 0 bridgehead atoms. The smallest absolute Gasteiger partial charge is 0.243 e. The lowest BCUT2D eigenvalue weighted by Crippen LogP contribution is -2.40. The van der Waals surface area contributed by atoms with Crippen molar-refractivity contribution in [2.75, 3.05) is 32.1 Å². The van der Waals surface area contributed by atoms with Gasteiger partial charge in [0.25, 0.3) is 0 Å². The van der Waals surface area contributed by atoms with E-state index in [1.807, 2.05) is 17.5 Å². The normalized spacial score (nSPS) is 15.3. The molecule has 5 rings (SSSR count). The van der Waals surface area contributed by atoms with E-state index in [1.165, 1.54) is 16.1 Å². The molecule has 0 radical (unpaired) electrons. The van der Waals surface area contributed by atoms with Crippen LogP contribution in [0.25, 0.3) is 22.1 Å². The maximum absolute atomic E-state index is 13.0. The fourth-order valence-corrected chi connectivity index (χ4v) is 6.17. The Kier molecular flexibility index (Phi) is 6.29. The number of fused-ring (bicyclic) bond motifs is 3. The van der Waals surface area contributed by atoms with Crippen LogP contribution in [0, 0.1) is 0 Å². The first-order valence-electron chi connectivity index (χ1n) is 10.2. The van der Waals surface area contributed by atoms with E-state index in [0.29, 0.717) is 60.1 Å². The van der Waals surface area contributed by atoms with E-state index in [9.17, 15) is 13.2 Å². The molecule has 4 aromatic rings. The summed E-state index contributed by atoms with van der Waals surface area (Å²) < 4.78 is 32.7. The fourth-order valence-electron chi connectivity index (χ4n) is 3.47. The zero-order valence-corrected chi connectivity index (χ0v) is 19.8. The highest BCUT2D eigenvalue weighted by atomic mass is 32.2. The van der Waals surface area contributed by atoms with Gasteiger partial charge in [0, 0.05) is 28.9 Å². The van der Waals surface area contributed by atoms with Crippen LogP contribution >= 0.6 is 23.1 Å². The van der Waals surface area contributed by atoms with Gasteiger partial charge in [-0.25, -0.2) is 13.4 Å². The molecule has 0 saturated carbocycles. The minimum Gasteiger partial charge on any atom is -0.379 e. The number of benzene rings is 1. The molecule has 1 fully saturated rings. The average Bonchev–Trinajstić information content (AvgIpc) is 3.49. The number of carbonyl (C=O) groups is 1. The van der Waals surface area contributed by atoms with Gasteiger partial charge in [-0.1, -0.05) is 17.8 Å². The molecule has 0 unspecified atom stereocenters. The summed E-state index contributed by atoms with van der Waals surface area (Å²) in [7, 11) is -3.63. The first kappa shape index (κ1) is 22.2. The number of H-pyrrole nitrogens is 1. The molecule has 0 atom stereocenters. The lowest BCUT2D eigenvalue weighted by atomic mass is 10.2. The minimum absolute atomic E-state index is 0.119. The second-order valence-electron chi connectivity index (χ2n) is 7.29. The van der Waals surface area contributed by atoms with Crippen molar-refractivity contribution in [3.8, 4) is 0 Å². The Morgan fingerprint density at radius 1 is 1.24 bits per heavy atom. The molecule has 10 nitrogen and oxygen atoms in total. The summed E-state index contributed by atoms with van der Waals surface area (Å²) in [6, 6.07) is 8.78. The van der Waals surface area contributed by atoms with Crippen LogP contribution in [0.2, 0.25) is 0 Å². The average molecular weight is 505 g/mol. The Labute approximate surface area is 197 Å². The lowest BCUT2D eigenvalue weighted by Gasteiger charge is -2.26. The summed E-state index contributed by atoms with van der Waals surface area (Å²) in [4.78, 5) is 21.0. The minimum atomic E-state index is -3.63. The number of sulfonamides is 1. The van der Waals surface area contributed by atoms with Crippen LogP contribution in [0.15, 0.2) is 45.8 Å². The number of aromatic amines is 1. The Hall–Kier alpha value is -2.58. The number of nitrogens with one attached hydrogen (secondary N) is 2. The van der Waals surface area contributed by atoms with E-state index in [-0.39, 0.29) is 16.6 Å². The summed E-state index contributed by atoms with van der Waals surface area (Å²) in [6.07, 6.45) is 0. The van der Waals surface area contributed by atoms with Crippen molar-refractivity contribution in [1.82, 2.24) is 29.8 Å². The van der Waals surface area contributed by atoms with Gasteiger partial charge in [-0.2, -0.15) is 4.31 Å². The van der Waals surface area contributed by atoms with E-state index in [1.54, 1.807) is 29.5 Å². The number of aromatic nitrogens is 4. The molecule has 1 amide bonds. The van der Waals surface area contributed by atoms with Crippen LogP contribution in [0.4, 0.5) is 0 Å². The Balaban J connectivity index is 1.32. The largest absolute Gasteiger partial charge is 0.379 e. The van der Waals surface area contributed by atoms with Crippen LogP contribution in [-0.4, -0.2) is 70.9 Å².